The van der Waals surface area contributed by atoms with E-state index in [1.165, 1.54) is 6.07 Å². The molecule has 1 saturated heterocycles. The molecule has 2 amide bonds. The van der Waals surface area contributed by atoms with Crippen LogP contribution in [0.25, 0.3) is 11.6 Å². The smallest absolute Gasteiger partial charge is 0.256 e. The van der Waals surface area contributed by atoms with Crippen molar-refractivity contribution in [1.29, 1.82) is 0 Å². The molecule has 186 valence electrons. The zero-order valence-corrected chi connectivity index (χ0v) is 20.9. The van der Waals surface area contributed by atoms with Crippen molar-refractivity contribution in [2.45, 2.75) is 37.0 Å². The highest BCUT2D eigenvalue weighted by atomic mass is 32.2. The molecule has 1 fully saturated rings. The molecule has 3 heterocycles. The van der Waals surface area contributed by atoms with Crippen LogP contribution in [0.15, 0.2) is 47.4 Å². The summed E-state index contributed by atoms with van der Waals surface area (Å²) in [5.74, 6) is -0.719. The standard InChI is InChI=1S/C27H27FN4O3S/c1-15-24(30-16(2)25(15)27(34)32-10-9-18(29)13-32)12-21-20-11-19(7-8-23(20)31-26(21)33)36(35)14-17-5-3-4-6-22(17)28/h3-8,11-12,18,30H,9-10,13-14,29H2,1-2H3,(H,31,33)/t18-,36?/m0/s1. The number of fused-ring (bicyclic) bond motifs is 1. The summed E-state index contributed by atoms with van der Waals surface area (Å²) in [7, 11) is -1.50. The Balaban J connectivity index is 1.46. The first-order valence-electron chi connectivity index (χ1n) is 11.8. The summed E-state index contributed by atoms with van der Waals surface area (Å²) in [5, 5.41) is 2.84. The van der Waals surface area contributed by atoms with Crippen LogP contribution in [0.1, 0.15) is 44.9 Å². The number of halogens is 1. The first kappa shape index (κ1) is 24.1. The van der Waals surface area contributed by atoms with Crippen molar-refractivity contribution in [3.63, 3.8) is 0 Å². The van der Waals surface area contributed by atoms with Crippen molar-refractivity contribution in [3.8, 4) is 0 Å². The number of nitrogens with two attached hydrogens (primary N) is 1. The number of aryl methyl sites for hydroxylation is 1. The minimum Gasteiger partial charge on any atom is -0.358 e. The Hall–Kier alpha value is -3.56. The van der Waals surface area contributed by atoms with E-state index in [1.54, 1.807) is 47.4 Å². The lowest BCUT2D eigenvalue weighted by molar-refractivity contribution is -0.110. The lowest BCUT2D eigenvalue weighted by atomic mass is 10.0. The SMILES string of the molecule is Cc1[nH]c(C=C2C(=O)Nc3ccc(S(=O)Cc4ccccc4F)cc32)c(C)c1C(=O)N1CC[C@H](N)C1. The molecule has 0 spiro atoms. The molecule has 2 aliphatic rings. The molecule has 3 aromatic rings. The van der Waals surface area contributed by atoms with Gasteiger partial charge >= 0.3 is 0 Å². The van der Waals surface area contributed by atoms with E-state index in [0.29, 0.717) is 51.6 Å². The van der Waals surface area contributed by atoms with Crippen LogP contribution in [-0.4, -0.2) is 45.0 Å². The monoisotopic (exact) mass is 506 g/mol. The highest BCUT2D eigenvalue weighted by molar-refractivity contribution is 7.84. The Morgan fingerprint density at radius 3 is 2.75 bits per heavy atom. The summed E-state index contributed by atoms with van der Waals surface area (Å²) in [6.07, 6.45) is 2.50. The third-order valence-corrected chi connectivity index (χ3v) is 8.12. The van der Waals surface area contributed by atoms with Gasteiger partial charge in [-0.15, -0.1) is 0 Å². The summed E-state index contributed by atoms with van der Waals surface area (Å²) in [5.41, 5.74) is 10.7. The van der Waals surface area contributed by atoms with Crippen molar-refractivity contribution >= 4 is 40.0 Å². The van der Waals surface area contributed by atoms with Gasteiger partial charge in [0.05, 0.1) is 27.7 Å². The number of amides is 2. The Labute approximate surface area is 211 Å². The van der Waals surface area contributed by atoms with Crippen molar-refractivity contribution in [1.82, 2.24) is 9.88 Å². The maximum atomic E-state index is 14.1. The number of carbonyl (C=O) groups excluding carboxylic acids is 2. The number of nitrogens with one attached hydrogen (secondary N) is 2. The summed E-state index contributed by atoms with van der Waals surface area (Å²) < 4.78 is 27.1. The van der Waals surface area contributed by atoms with Gasteiger partial charge in [0, 0.05) is 52.2 Å². The number of hydrogen-bond acceptors (Lipinski definition) is 4. The van der Waals surface area contributed by atoms with E-state index < -0.39 is 16.6 Å². The third-order valence-electron chi connectivity index (χ3n) is 6.77. The predicted octanol–water partition coefficient (Wildman–Crippen LogP) is 3.74. The fourth-order valence-corrected chi connectivity index (χ4v) is 5.96. The molecular formula is C27H27FN4O3S. The lowest BCUT2D eigenvalue weighted by Gasteiger charge is -2.16. The number of benzene rings is 2. The fraction of sp³-hybridized carbons (Fsp3) is 0.259. The van der Waals surface area contributed by atoms with Gasteiger partial charge in [0.2, 0.25) is 0 Å². The Bertz CT molecular complexity index is 1440. The number of nitrogens with zero attached hydrogens (tertiary/aromatic N) is 1. The van der Waals surface area contributed by atoms with Gasteiger partial charge < -0.3 is 20.9 Å². The first-order chi connectivity index (χ1) is 17.2. The average Bonchev–Trinajstić information content (AvgIpc) is 3.50. The Morgan fingerprint density at radius 1 is 1.25 bits per heavy atom. The molecule has 2 aromatic carbocycles. The highest BCUT2D eigenvalue weighted by Crippen LogP contribution is 2.36. The molecular weight excluding hydrogens is 479 g/mol. The molecule has 7 nitrogen and oxygen atoms in total. The molecule has 0 aliphatic carbocycles. The number of carbonyl (C=O) groups is 2. The summed E-state index contributed by atoms with van der Waals surface area (Å²) in [4.78, 5) is 31.5. The molecule has 5 rings (SSSR count). The van der Waals surface area contributed by atoms with Gasteiger partial charge in [0.1, 0.15) is 5.82 Å². The van der Waals surface area contributed by atoms with E-state index >= 15 is 0 Å². The quantitative estimate of drug-likeness (QED) is 0.458. The molecule has 1 unspecified atom stereocenters. The number of aromatic amines is 1. The molecule has 9 heteroatoms. The summed E-state index contributed by atoms with van der Waals surface area (Å²) >= 11 is 0. The zero-order chi connectivity index (χ0) is 25.6. The molecule has 4 N–H and O–H groups in total. The van der Waals surface area contributed by atoms with Crippen molar-refractivity contribution in [2.75, 3.05) is 18.4 Å². The molecule has 1 aromatic heterocycles. The highest BCUT2D eigenvalue weighted by Gasteiger charge is 2.30. The topological polar surface area (TPSA) is 108 Å². The van der Waals surface area contributed by atoms with E-state index in [4.69, 9.17) is 5.73 Å². The van der Waals surface area contributed by atoms with Gasteiger partial charge in [-0.05, 0) is 56.2 Å². The maximum Gasteiger partial charge on any atom is 0.256 e. The van der Waals surface area contributed by atoms with E-state index in [1.807, 2.05) is 13.8 Å². The third kappa shape index (κ3) is 4.40. The van der Waals surface area contributed by atoms with Crippen molar-refractivity contribution in [2.24, 2.45) is 5.73 Å². The van der Waals surface area contributed by atoms with E-state index in [2.05, 4.69) is 10.3 Å². The van der Waals surface area contributed by atoms with Crippen molar-refractivity contribution < 1.29 is 18.2 Å². The van der Waals surface area contributed by atoms with Gasteiger partial charge in [-0.3, -0.25) is 13.8 Å². The molecule has 2 atom stereocenters. The molecule has 0 bridgehead atoms. The van der Waals surface area contributed by atoms with Gasteiger partial charge in [0.25, 0.3) is 11.8 Å². The second-order valence-corrected chi connectivity index (χ2v) is 10.7. The Morgan fingerprint density at radius 2 is 2.03 bits per heavy atom. The molecule has 2 aliphatic heterocycles. The fourth-order valence-electron chi connectivity index (χ4n) is 4.81. The van der Waals surface area contributed by atoms with Crippen LogP contribution in [0.2, 0.25) is 0 Å². The maximum absolute atomic E-state index is 14.1. The minimum atomic E-state index is -1.50. The van der Waals surface area contributed by atoms with E-state index in [-0.39, 0.29) is 23.6 Å². The van der Waals surface area contributed by atoms with Crippen LogP contribution in [0, 0.1) is 19.7 Å². The number of aromatic nitrogens is 1. The molecule has 36 heavy (non-hydrogen) atoms. The lowest BCUT2D eigenvalue weighted by Crippen LogP contribution is -2.32. The van der Waals surface area contributed by atoms with Crippen LogP contribution in [0.4, 0.5) is 10.1 Å². The van der Waals surface area contributed by atoms with Crippen LogP contribution in [0.3, 0.4) is 0 Å². The van der Waals surface area contributed by atoms with Crippen LogP contribution in [0.5, 0.6) is 0 Å². The second-order valence-electron chi connectivity index (χ2n) is 9.26. The number of H-pyrrole nitrogens is 1. The first-order valence-corrected chi connectivity index (χ1v) is 13.1. The normalized spacial score (nSPS) is 19.0. The second kappa shape index (κ2) is 9.48. The summed E-state index contributed by atoms with van der Waals surface area (Å²) in [6.45, 7) is 4.85. The average molecular weight is 507 g/mol. The van der Waals surface area contributed by atoms with Crippen LogP contribution < -0.4 is 11.1 Å². The number of hydrogen-bond donors (Lipinski definition) is 3. The van der Waals surface area contributed by atoms with Gasteiger partial charge in [-0.1, -0.05) is 18.2 Å². The van der Waals surface area contributed by atoms with Crippen LogP contribution >= 0.6 is 0 Å². The van der Waals surface area contributed by atoms with E-state index in [0.717, 1.165) is 17.7 Å². The minimum absolute atomic E-state index is 0.00749. The largest absolute Gasteiger partial charge is 0.358 e. The predicted molar refractivity (Wildman–Crippen MR) is 138 cm³/mol. The number of likely N-dealkylation sites (tertiary alicyclic amines) is 1. The van der Waals surface area contributed by atoms with Crippen LogP contribution in [-0.2, 0) is 21.3 Å². The molecule has 0 saturated carbocycles. The van der Waals surface area contributed by atoms with Gasteiger partial charge in [0.15, 0.2) is 0 Å². The van der Waals surface area contributed by atoms with Gasteiger partial charge in [-0.2, -0.15) is 0 Å². The number of rotatable bonds is 5. The zero-order valence-electron chi connectivity index (χ0n) is 20.1. The van der Waals surface area contributed by atoms with E-state index in [9.17, 15) is 18.2 Å². The summed E-state index contributed by atoms with van der Waals surface area (Å²) in [6, 6.07) is 11.3. The number of anilines is 1. The van der Waals surface area contributed by atoms with Crippen molar-refractivity contribution in [3.05, 3.63) is 81.9 Å². The molecule has 0 radical (unpaired) electrons. The van der Waals surface area contributed by atoms with Gasteiger partial charge in [-0.25, -0.2) is 4.39 Å². The Kier molecular flexibility index (Phi) is 6.36.